The Bertz CT molecular complexity index is 922. The average Bonchev–Trinajstić information content (AvgIpc) is 3.08. The number of aromatic nitrogens is 1. The van der Waals surface area contributed by atoms with Crippen LogP contribution in [0.3, 0.4) is 0 Å². The molecule has 3 aromatic rings. The van der Waals surface area contributed by atoms with E-state index in [1.165, 1.54) is 0 Å². The number of rotatable bonds is 3. The molecule has 4 rings (SSSR count). The van der Waals surface area contributed by atoms with Crippen LogP contribution < -0.4 is 14.8 Å². The Morgan fingerprint density at radius 2 is 2.04 bits per heavy atom. The highest BCUT2D eigenvalue weighted by atomic mass is 32.1. The summed E-state index contributed by atoms with van der Waals surface area (Å²) in [5, 5.41) is 5.91. The van der Waals surface area contributed by atoms with Gasteiger partial charge in [0, 0.05) is 16.6 Å². The highest BCUT2D eigenvalue weighted by Crippen LogP contribution is 2.31. The Morgan fingerprint density at radius 3 is 2.84 bits per heavy atom. The molecule has 1 aliphatic rings. The standard InChI is InChI=1S/C19H16N2O3S/c1-12-20-15(11-25-12)13-5-4-6-14(9-13)21-19(22)18-10-23-16-7-2-3-8-17(16)24-18/h2-9,11,18H,10H2,1H3,(H,21,22). The van der Waals surface area contributed by atoms with E-state index < -0.39 is 6.10 Å². The lowest BCUT2D eigenvalue weighted by Crippen LogP contribution is -2.40. The van der Waals surface area contributed by atoms with E-state index in [9.17, 15) is 4.79 Å². The predicted molar refractivity (Wildman–Crippen MR) is 97.3 cm³/mol. The van der Waals surface area contributed by atoms with E-state index in [1.54, 1.807) is 17.4 Å². The van der Waals surface area contributed by atoms with Gasteiger partial charge in [0.1, 0.15) is 6.61 Å². The first kappa shape index (κ1) is 15.7. The zero-order chi connectivity index (χ0) is 17.2. The fraction of sp³-hybridized carbons (Fsp3) is 0.158. The number of anilines is 1. The number of ether oxygens (including phenoxy) is 2. The normalized spacial score (nSPS) is 15.6. The molecule has 1 amide bonds. The number of aryl methyl sites for hydroxylation is 1. The van der Waals surface area contributed by atoms with Crippen molar-refractivity contribution in [2.24, 2.45) is 0 Å². The number of thiazole rings is 1. The van der Waals surface area contributed by atoms with Crippen LogP contribution in [-0.4, -0.2) is 23.6 Å². The summed E-state index contributed by atoms with van der Waals surface area (Å²) in [7, 11) is 0. The van der Waals surface area contributed by atoms with Crippen LogP contribution in [0.4, 0.5) is 5.69 Å². The van der Waals surface area contributed by atoms with Crippen molar-refractivity contribution in [3.05, 3.63) is 58.9 Å². The summed E-state index contributed by atoms with van der Waals surface area (Å²) in [4.78, 5) is 17.0. The minimum absolute atomic E-state index is 0.188. The molecule has 1 aromatic heterocycles. The van der Waals surface area contributed by atoms with Crippen LogP contribution >= 0.6 is 11.3 Å². The molecule has 25 heavy (non-hydrogen) atoms. The molecule has 0 saturated carbocycles. The molecular formula is C19H16N2O3S. The molecule has 0 bridgehead atoms. The summed E-state index contributed by atoms with van der Waals surface area (Å²) in [6, 6.07) is 15.0. The smallest absolute Gasteiger partial charge is 0.269 e. The maximum absolute atomic E-state index is 12.5. The van der Waals surface area contributed by atoms with Crippen molar-refractivity contribution >= 4 is 22.9 Å². The summed E-state index contributed by atoms with van der Waals surface area (Å²) < 4.78 is 11.3. The SMILES string of the molecule is Cc1nc(-c2cccc(NC(=O)C3COc4ccccc4O3)c2)cs1. The zero-order valence-corrected chi connectivity index (χ0v) is 14.4. The molecule has 1 N–H and O–H groups in total. The minimum atomic E-state index is -0.680. The van der Waals surface area contributed by atoms with Gasteiger partial charge in [-0.1, -0.05) is 24.3 Å². The number of nitrogens with one attached hydrogen (secondary N) is 1. The van der Waals surface area contributed by atoms with E-state index in [2.05, 4.69) is 10.3 Å². The molecule has 0 fully saturated rings. The Kier molecular flexibility index (Phi) is 4.11. The van der Waals surface area contributed by atoms with Gasteiger partial charge in [-0.3, -0.25) is 4.79 Å². The van der Waals surface area contributed by atoms with Crippen LogP contribution in [0.1, 0.15) is 5.01 Å². The molecule has 2 heterocycles. The van der Waals surface area contributed by atoms with Crippen LogP contribution in [0.15, 0.2) is 53.9 Å². The van der Waals surface area contributed by atoms with Gasteiger partial charge in [0.25, 0.3) is 5.91 Å². The van der Waals surface area contributed by atoms with Gasteiger partial charge in [0.15, 0.2) is 11.5 Å². The number of carbonyl (C=O) groups is 1. The largest absolute Gasteiger partial charge is 0.485 e. The summed E-state index contributed by atoms with van der Waals surface area (Å²) in [6.45, 7) is 2.16. The lowest BCUT2D eigenvalue weighted by atomic mass is 10.1. The number of hydrogen-bond acceptors (Lipinski definition) is 5. The molecule has 126 valence electrons. The number of para-hydroxylation sites is 2. The topological polar surface area (TPSA) is 60.5 Å². The first-order valence-corrected chi connectivity index (χ1v) is 8.79. The molecular weight excluding hydrogens is 336 g/mol. The van der Waals surface area contributed by atoms with Crippen LogP contribution in [0.2, 0.25) is 0 Å². The molecule has 1 unspecified atom stereocenters. The van der Waals surface area contributed by atoms with Gasteiger partial charge in [-0.15, -0.1) is 11.3 Å². The number of benzene rings is 2. The molecule has 0 saturated heterocycles. The van der Waals surface area contributed by atoms with Crippen molar-refractivity contribution in [3.8, 4) is 22.8 Å². The lowest BCUT2D eigenvalue weighted by Gasteiger charge is -2.25. The second kappa shape index (κ2) is 6.57. The highest BCUT2D eigenvalue weighted by molar-refractivity contribution is 7.09. The summed E-state index contributed by atoms with van der Waals surface area (Å²) in [6.07, 6.45) is -0.680. The summed E-state index contributed by atoms with van der Waals surface area (Å²) in [5.41, 5.74) is 2.58. The minimum Gasteiger partial charge on any atom is -0.485 e. The van der Waals surface area contributed by atoms with Crippen molar-refractivity contribution in [2.45, 2.75) is 13.0 Å². The monoisotopic (exact) mass is 352 g/mol. The van der Waals surface area contributed by atoms with Crippen molar-refractivity contribution < 1.29 is 14.3 Å². The van der Waals surface area contributed by atoms with Crippen LogP contribution in [0.5, 0.6) is 11.5 Å². The Morgan fingerprint density at radius 1 is 1.20 bits per heavy atom. The molecule has 0 spiro atoms. The van der Waals surface area contributed by atoms with Gasteiger partial charge < -0.3 is 14.8 Å². The van der Waals surface area contributed by atoms with E-state index in [-0.39, 0.29) is 12.5 Å². The Labute approximate surface area is 149 Å². The number of hydrogen-bond donors (Lipinski definition) is 1. The van der Waals surface area contributed by atoms with Crippen molar-refractivity contribution in [2.75, 3.05) is 11.9 Å². The fourth-order valence-electron chi connectivity index (χ4n) is 2.62. The molecule has 1 aliphatic heterocycles. The summed E-state index contributed by atoms with van der Waals surface area (Å²) >= 11 is 1.60. The van der Waals surface area contributed by atoms with Crippen LogP contribution in [-0.2, 0) is 4.79 Å². The van der Waals surface area contributed by atoms with E-state index >= 15 is 0 Å². The van der Waals surface area contributed by atoms with E-state index in [4.69, 9.17) is 9.47 Å². The maximum Gasteiger partial charge on any atom is 0.269 e. The van der Waals surface area contributed by atoms with Gasteiger partial charge in [0.2, 0.25) is 6.10 Å². The predicted octanol–water partition coefficient (Wildman–Crippen LogP) is 3.90. The average molecular weight is 352 g/mol. The Hall–Kier alpha value is -2.86. The zero-order valence-electron chi connectivity index (χ0n) is 13.6. The molecule has 6 heteroatoms. The maximum atomic E-state index is 12.5. The quantitative estimate of drug-likeness (QED) is 0.777. The molecule has 5 nitrogen and oxygen atoms in total. The third-order valence-corrected chi connectivity index (χ3v) is 4.62. The van der Waals surface area contributed by atoms with Gasteiger partial charge in [-0.2, -0.15) is 0 Å². The molecule has 2 aromatic carbocycles. The number of amides is 1. The van der Waals surface area contributed by atoms with Gasteiger partial charge in [-0.05, 0) is 31.2 Å². The van der Waals surface area contributed by atoms with Gasteiger partial charge in [-0.25, -0.2) is 4.98 Å². The van der Waals surface area contributed by atoms with Crippen LogP contribution in [0.25, 0.3) is 11.3 Å². The van der Waals surface area contributed by atoms with Crippen molar-refractivity contribution in [1.82, 2.24) is 4.98 Å². The van der Waals surface area contributed by atoms with Crippen LogP contribution in [0, 0.1) is 6.92 Å². The molecule has 0 aliphatic carbocycles. The lowest BCUT2D eigenvalue weighted by molar-refractivity contribution is -0.125. The second-order valence-corrected chi connectivity index (χ2v) is 6.75. The highest BCUT2D eigenvalue weighted by Gasteiger charge is 2.27. The van der Waals surface area contributed by atoms with Gasteiger partial charge in [0.05, 0.1) is 10.7 Å². The van der Waals surface area contributed by atoms with E-state index in [0.717, 1.165) is 16.3 Å². The fourth-order valence-corrected chi connectivity index (χ4v) is 3.25. The van der Waals surface area contributed by atoms with Gasteiger partial charge >= 0.3 is 0 Å². The van der Waals surface area contributed by atoms with Crippen molar-refractivity contribution in [3.63, 3.8) is 0 Å². The van der Waals surface area contributed by atoms with E-state index in [1.807, 2.05) is 54.8 Å². The first-order valence-electron chi connectivity index (χ1n) is 7.91. The second-order valence-electron chi connectivity index (χ2n) is 5.69. The van der Waals surface area contributed by atoms with E-state index in [0.29, 0.717) is 17.2 Å². The number of fused-ring (bicyclic) bond motifs is 1. The third-order valence-electron chi connectivity index (χ3n) is 3.85. The number of nitrogens with zero attached hydrogens (tertiary/aromatic N) is 1. The third kappa shape index (κ3) is 3.34. The molecule has 1 atom stereocenters. The molecule has 0 radical (unpaired) electrons. The van der Waals surface area contributed by atoms with Crippen molar-refractivity contribution in [1.29, 1.82) is 0 Å². The Balaban J connectivity index is 1.48. The first-order chi connectivity index (χ1) is 12.2. The number of carbonyl (C=O) groups excluding carboxylic acids is 1. The summed E-state index contributed by atoms with van der Waals surface area (Å²) in [5.74, 6) is 1.01.